The number of nitrogens with zero attached hydrogens (tertiary/aromatic N) is 4. The summed E-state index contributed by atoms with van der Waals surface area (Å²) in [6.07, 6.45) is 8.61. The second-order valence-electron chi connectivity index (χ2n) is 8.78. The van der Waals surface area contributed by atoms with Gasteiger partial charge in [0.1, 0.15) is 6.61 Å². The van der Waals surface area contributed by atoms with Crippen molar-refractivity contribution < 1.29 is 18.7 Å². The van der Waals surface area contributed by atoms with Crippen LogP contribution in [-0.2, 0) is 18.3 Å². The smallest absolute Gasteiger partial charge is 0.254 e. The van der Waals surface area contributed by atoms with Crippen LogP contribution in [0, 0.1) is 5.82 Å². The lowest BCUT2D eigenvalue weighted by Crippen LogP contribution is -2.51. The SMILES string of the molecule is CO[C@@H]1CCCN2C(=O)c3ccc(F)c(c3)OCCN(Cc3cn(C)cn3)CCCC[C@H]12. The molecule has 2 atom stereocenters. The summed E-state index contributed by atoms with van der Waals surface area (Å²) < 4.78 is 27.9. The second kappa shape index (κ2) is 10.4. The van der Waals surface area contributed by atoms with Crippen molar-refractivity contribution in [1.82, 2.24) is 19.4 Å². The van der Waals surface area contributed by atoms with Gasteiger partial charge in [-0.2, -0.15) is 0 Å². The van der Waals surface area contributed by atoms with Crippen LogP contribution in [0.4, 0.5) is 4.39 Å². The molecular formula is C24H33FN4O3. The van der Waals surface area contributed by atoms with E-state index in [1.807, 2.05) is 22.7 Å². The number of halogens is 1. The van der Waals surface area contributed by atoms with Gasteiger partial charge in [-0.15, -0.1) is 0 Å². The maximum atomic E-state index is 14.4. The average molecular weight is 445 g/mol. The Morgan fingerprint density at radius 3 is 2.84 bits per heavy atom. The van der Waals surface area contributed by atoms with Crippen LogP contribution in [0.1, 0.15) is 48.2 Å². The van der Waals surface area contributed by atoms with E-state index in [9.17, 15) is 9.18 Å². The minimum absolute atomic E-state index is 0.0291. The molecule has 7 nitrogen and oxygen atoms in total. The van der Waals surface area contributed by atoms with Gasteiger partial charge in [-0.05, 0) is 50.4 Å². The number of ether oxygens (including phenoxy) is 2. The normalized spacial score (nSPS) is 23.3. The second-order valence-corrected chi connectivity index (χ2v) is 8.78. The molecule has 2 bridgehead atoms. The van der Waals surface area contributed by atoms with Crippen LogP contribution in [0.25, 0.3) is 0 Å². The van der Waals surface area contributed by atoms with Crippen molar-refractivity contribution in [2.24, 2.45) is 7.05 Å². The molecular weight excluding hydrogens is 411 g/mol. The Hall–Kier alpha value is -2.45. The highest BCUT2D eigenvalue weighted by Crippen LogP contribution is 2.28. The molecule has 1 amide bonds. The maximum Gasteiger partial charge on any atom is 0.254 e. The number of methoxy groups -OCH3 is 1. The summed E-state index contributed by atoms with van der Waals surface area (Å²) in [4.78, 5) is 22.0. The van der Waals surface area contributed by atoms with E-state index in [4.69, 9.17) is 9.47 Å². The number of aryl methyl sites for hydroxylation is 1. The largest absolute Gasteiger partial charge is 0.489 e. The quantitative estimate of drug-likeness (QED) is 0.728. The molecule has 0 unspecified atom stereocenters. The first-order chi connectivity index (χ1) is 15.5. The summed E-state index contributed by atoms with van der Waals surface area (Å²) in [6.45, 7) is 3.31. The number of imidazole rings is 1. The van der Waals surface area contributed by atoms with Crippen molar-refractivity contribution >= 4 is 5.91 Å². The molecule has 0 spiro atoms. The summed E-state index contributed by atoms with van der Waals surface area (Å²) in [5, 5.41) is 0. The summed E-state index contributed by atoms with van der Waals surface area (Å²) in [7, 11) is 3.68. The number of carbonyl (C=O) groups is 1. The van der Waals surface area contributed by atoms with Gasteiger partial charge in [-0.3, -0.25) is 9.69 Å². The van der Waals surface area contributed by atoms with Gasteiger partial charge in [0, 0.05) is 45.6 Å². The Morgan fingerprint density at radius 1 is 1.19 bits per heavy atom. The molecule has 3 heterocycles. The molecule has 0 radical (unpaired) electrons. The average Bonchev–Trinajstić information content (AvgIpc) is 3.21. The van der Waals surface area contributed by atoms with Crippen molar-refractivity contribution in [3.8, 4) is 5.75 Å². The number of rotatable bonds is 3. The fraction of sp³-hybridized carbons (Fsp3) is 0.583. The molecule has 0 N–H and O–H groups in total. The van der Waals surface area contributed by atoms with Crippen molar-refractivity contribution in [1.29, 1.82) is 0 Å². The molecule has 1 fully saturated rings. The Kier molecular flexibility index (Phi) is 7.42. The third-order valence-electron chi connectivity index (χ3n) is 6.49. The van der Waals surface area contributed by atoms with Crippen LogP contribution in [-0.4, -0.2) is 70.8 Å². The van der Waals surface area contributed by atoms with Crippen LogP contribution >= 0.6 is 0 Å². The number of fused-ring (bicyclic) bond motifs is 3. The van der Waals surface area contributed by atoms with Gasteiger partial charge >= 0.3 is 0 Å². The topological polar surface area (TPSA) is 59.8 Å². The summed E-state index contributed by atoms with van der Waals surface area (Å²) in [5.74, 6) is -0.395. The van der Waals surface area contributed by atoms with E-state index in [1.54, 1.807) is 25.6 Å². The number of hydrogen-bond donors (Lipinski definition) is 0. The van der Waals surface area contributed by atoms with E-state index in [2.05, 4.69) is 9.88 Å². The molecule has 1 aromatic carbocycles. The number of aromatic nitrogens is 2. The van der Waals surface area contributed by atoms with Crippen LogP contribution in [0.5, 0.6) is 5.75 Å². The zero-order valence-corrected chi connectivity index (χ0v) is 19.0. The lowest BCUT2D eigenvalue weighted by molar-refractivity contribution is -0.0156. The van der Waals surface area contributed by atoms with E-state index in [0.29, 0.717) is 25.3 Å². The molecule has 1 saturated heterocycles. The highest BCUT2D eigenvalue weighted by Gasteiger charge is 2.34. The lowest BCUT2D eigenvalue weighted by Gasteiger charge is -2.41. The molecule has 174 valence electrons. The van der Waals surface area contributed by atoms with E-state index >= 15 is 0 Å². The van der Waals surface area contributed by atoms with Gasteiger partial charge in [-0.25, -0.2) is 9.37 Å². The molecule has 4 rings (SSSR count). The molecule has 2 aliphatic rings. The van der Waals surface area contributed by atoms with Crippen molar-refractivity contribution in [2.75, 3.05) is 33.4 Å². The van der Waals surface area contributed by atoms with Gasteiger partial charge in [-0.1, -0.05) is 6.42 Å². The van der Waals surface area contributed by atoms with Gasteiger partial charge in [0.15, 0.2) is 11.6 Å². The number of carbonyl (C=O) groups excluding carboxylic acids is 1. The number of amides is 1. The Morgan fingerprint density at radius 2 is 2.06 bits per heavy atom. The molecule has 2 aliphatic heterocycles. The van der Waals surface area contributed by atoms with Crippen LogP contribution in [0.15, 0.2) is 30.7 Å². The predicted molar refractivity (Wildman–Crippen MR) is 119 cm³/mol. The Bertz CT molecular complexity index is 918. The van der Waals surface area contributed by atoms with Crippen molar-refractivity contribution in [3.63, 3.8) is 0 Å². The number of hydrogen-bond acceptors (Lipinski definition) is 5. The van der Waals surface area contributed by atoms with Crippen molar-refractivity contribution in [2.45, 2.75) is 50.8 Å². The standard InChI is InChI=1S/C24H33FN4O3/c1-27-15-19(26-17-27)16-28-10-4-3-6-21-22(31-2)7-5-11-29(21)24(30)18-8-9-20(25)23(14-18)32-13-12-28/h8-9,14-15,17,21-22H,3-7,10-13,16H2,1-2H3/t21-,22-/m1/s1. The number of piperidine rings is 1. The van der Waals surface area contributed by atoms with Gasteiger partial charge in [0.2, 0.25) is 0 Å². The summed E-state index contributed by atoms with van der Waals surface area (Å²) in [5.41, 5.74) is 1.47. The minimum atomic E-state index is -0.449. The lowest BCUT2D eigenvalue weighted by atomic mass is 9.93. The Balaban J connectivity index is 1.56. The van der Waals surface area contributed by atoms with E-state index in [-0.39, 0.29) is 23.8 Å². The molecule has 2 aromatic rings. The highest BCUT2D eigenvalue weighted by atomic mass is 19.1. The highest BCUT2D eigenvalue weighted by molar-refractivity contribution is 5.95. The zero-order valence-electron chi connectivity index (χ0n) is 19.0. The first kappa shape index (κ1) is 22.7. The van der Waals surface area contributed by atoms with E-state index < -0.39 is 5.82 Å². The molecule has 0 aliphatic carbocycles. The van der Waals surface area contributed by atoms with Crippen LogP contribution < -0.4 is 4.74 Å². The van der Waals surface area contributed by atoms with E-state index in [0.717, 1.165) is 50.9 Å². The monoisotopic (exact) mass is 444 g/mol. The van der Waals surface area contributed by atoms with Crippen LogP contribution in [0.3, 0.4) is 0 Å². The van der Waals surface area contributed by atoms with Crippen LogP contribution in [0.2, 0.25) is 0 Å². The van der Waals surface area contributed by atoms with Gasteiger partial charge in [0.25, 0.3) is 5.91 Å². The summed E-state index contributed by atoms with van der Waals surface area (Å²) >= 11 is 0. The van der Waals surface area contributed by atoms with Gasteiger partial charge < -0.3 is 18.9 Å². The maximum absolute atomic E-state index is 14.4. The minimum Gasteiger partial charge on any atom is -0.489 e. The third-order valence-corrected chi connectivity index (χ3v) is 6.49. The number of benzene rings is 1. The van der Waals surface area contributed by atoms with Gasteiger partial charge in [0.05, 0.1) is 24.2 Å². The fourth-order valence-corrected chi connectivity index (χ4v) is 4.82. The molecule has 8 heteroatoms. The molecule has 1 aromatic heterocycles. The fourth-order valence-electron chi connectivity index (χ4n) is 4.82. The first-order valence-electron chi connectivity index (χ1n) is 11.5. The van der Waals surface area contributed by atoms with Crippen molar-refractivity contribution in [3.05, 3.63) is 47.8 Å². The predicted octanol–water partition coefficient (Wildman–Crippen LogP) is 3.24. The van der Waals surface area contributed by atoms with E-state index in [1.165, 1.54) is 6.07 Å². The third kappa shape index (κ3) is 5.30. The zero-order chi connectivity index (χ0) is 22.5. The molecule has 32 heavy (non-hydrogen) atoms. The molecule has 0 saturated carbocycles. The Labute approximate surface area is 189 Å². The first-order valence-corrected chi connectivity index (χ1v) is 11.5. The summed E-state index contributed by atoms with van der Waals surface area (Å²) in [6, 6.07) is 4.45.